The van der Waals surface area contributed by atoms with E-state index < -0.39 is 0 Å². The molecule has 0 aromatic carbocycles. The lowest BCUT2D eigenvalue weighted by Crippen LogP contribution is -2.40. The van der Waals surface area contributed by atoms with Gasteiger partial charge in [-0.05, 0) is 70.2 Å². The largest absolute Gasteiger partial charge is 0.451 e. The van der Waals surface area contributed by atoms with Crippen molar-refractivity contribution in [1.82, 2.24) is 20.6 Å². The van der Waals surface area contributed by atoms with E-state index in [4.69, 9.17) is 9.73 Å². The van der Waals surface area contributed by atoms with Crippen molar-refractivity contribution < 1.29 is 4.74 Å². The maximum absolute atomic E-state index is 6.20. The predicted octanol–water partition coefficient (Wildman–Crippen LogP) is 4.75. The normalized spacial score (nSPS) is 15.7. The van der Waals surface area contributed by atoms with Crippen LogP contribution in [-0.2, 0) is 0 Å². The third-order valence-corrected chi connectivity index (χ3v) is 6.18. The first-order chi connectivity index (χ1) is 15.1. The van der Waals surface area contributed by atoms with Crippen LogP contribution in [0.4, 0.5) is 5.82 Å². The lowest BCUT2D eigenvalue weighted by molar-refractivity contribution is 0.452. The number of thioether (sulfide) groups is 1. The van der Waals surface area contributed by atoms with Gasteiger partial charge < -0.3 is 15.4 Å². The van der Waals surface area contributed by atoms with Crippen molar-refractivity contribution in [2.45, 2.75) is 44.9 Å². The van der Waals surface area contributed by atoms with Gasteiger partial charge in [-0.15, -0.1) is 11.8 Å². The molecule has 0 unspecified atom stereocenters. The van der Waals surface area contributed by atoms with E-state index in [0.29, 0.717) is 23.2 Å². The lowest BCUT2D eigenvalue weighted by Gasteiger charge is -2.24. The molecule has 2 aromatic heterocycles. The van der Waals surface area contributed by atoms with Crippen molar-refractivity contribution in [1.29, 1.82) is 0 Å². The monoisotopic (exact) mass is 440 g/mol. The van der Waals surface area contributed by atoms with Gasteiger partial charge in [0.15, 0.2) is 11.6 Å². The Balaban J connectivity index is 1.84. The third-order valence-electron chi connectivity index (χ3n) is 5.01. The highest BCUT2D eigenvalue weighted by Crippen LogP contribution is 2.34. The van der Waals surface area contributed by atoms with Crippen LogP contribution in [0.25, 0.3) is 0 Å². The Morgan fingerprint density at radius 3 is 2.81 bits per heavy atom. The van der Waals surface area contributed by atoms with Crippen LogP contribution in [0.5, 0.6) is 11.5 Å². The maximum Gasteiger partial charge on any atom is 0.197 e. The second kappa shape index (κ2) is 11.8. The number of ether oxygens (including phenoxy) is 1. The Bertz CT molecular complexity index is 924. The zero-order valence-corrected chi connectivity index (χ0v) is 19.6. The van der Waals surface area contributed by atoms with E-state index in [1.165, 1.54) is 0 Å². The molecule has 0 radical (unpaired) electrons. The minimum absolute atomic E-state index is 0.422. The number of rotatable bonds is 7. The molecule has 8 heteroatoms. The second-order valence-corrected chi connectivity index (χ2v) is 8.65. The SMILES string of the molecule is CCCSc1cnc(/N=C(\C)NC(=NC)C2CCNCC2)c(Oc2cccnc2C)c1. The van der Waals surface area contributed by atoms with Gasteiger partial charge in [-0.1, -0.05) is 6.92 Å². The molecule has 31 heavy (non-hydrogen) atoms. The predicted molar refractivity (Wildman–Crippen MR) is 129 cm³/mol. The van der Waals surface area contributed by atoms with E-state index in [1.54, 1.807) is 18.0 Å². The number of nitrogens with one attached hydrogen (secondary N) is 2. The molecule has 7 nitrogen and oxygen atoms in total. The van der Waals surface area contributed by atoms with Crippen LogP contribution < -0.4 is 15.4 Å². The summed E-state index contributed by atoms with van der Waals surface area (Å²) in [6.45, 7) is 8.06. The number of pyridine rings is 2. The molecule has 0 amide bonds. The summed E-state index contributed by atoms with van der Waals surface area (Å²) in [5, 5.41) is 6.79. The van der Waals surface area contributed by atoms with Gasteiger partial charge in [0.2, 0.25) is 0 Å². The number of hydrogen-bond donors (Lipinski definition) is 2. The van der Waals surface area contributed by atoms with E-state index in [0.717, 1.165) is 60.4 Å². The van der Waals surface area contributed by atoms with Crippen molar-refractivity contribution in [3.05, 3.63) is 36.3 Å². The maximum atomic E-state index is 6.20. The minimum atomic E-state index is 0.422. The van der Waals surface area contributed by atoms with Crippen LogP contribution in [0.2, 0.25) is 0 Å². The van der Waals surface area contributed by atoms with Crippen LogP contribution in [0, 0.1) is 12.8 Å². The van der Waals surface area contributed by atoms with Crippen molar-refractivity contribution in [3.8, 4) is 11.5 Å². The molecule has 0 aliphatic carbocycles. The molecule has 2 N–H and O–H groups in total. The van der Waals surface area contributed by atoms with Crippen molar-refractivity contribution in [3.63, 3.8) is 0 Å². The fourth-order valence-corrected chi connectivity index (χ4v) is 4.14. The molecule has 1 aliphatic rings. The number of nitrogens with zero attached hydrogens (tertiary/aromatic N) is 4. The average molecular weight is 441 g/mol. The Hall–Kier alpha value is -2.45. The van der Waals surface area contributed by atoms with E-state index in [1.807, 2.05) is 45.3 Å². The van der Waals surface area contributed by atoms with Crippen LogP contribution in [0.1, 0.15) is 38.8 Å². The molecule has 0 saturated carbocycles. The lowest BCUT2D eigenvalue weighted by atomic mass is 9.96. The Labute approximate surface area is 189 Å². The Morgan fingerprint density at radius 1 is 1.29 bits per heavy atom. The van der Waals surface area contributed by atoms with Gasteiger partial charge in [-0.3, -0.25) is 9.98 Å². The van der Waals surface area contributed by atoms with Gasteiger partial charge in [0.1, 0.15) is 17.4 Å². The molecule has 166 valence electrons. The molecular formula is C23H32N6OS. The van der Waals surface area contributed by atoms with Gasteiger partial charge >= 0.3 is 0 Å². The van der Waals surface area contributed by atoms with E-state index in [9.17, 15) is 0 Å². The second-order valence-electron chi connectivity index (χ2n) is 7.49. The highest BCUT2D eigenvalue weighted by Gasteiger charge is 2.19. The Kier molecular flexibility index (Phi) is 8.85. The van der Waals surface area contributed by atoms with Crippen molar-refractivity contribution >= 4 is 29.3 Å². The van der Waals surface area contributed by atoms with E-state index in [-0.39, 0.29) is 0 Å². The summed E-state index contributed by atoms with van der Waals surface area (Å²) in [5.41, 5.74) is 0.824. The average Bonchev–Trinajstić information content (AvgIpc) is 2.79. The van der Waals surface area contributed by atoms with E-state index in [2.05, 4.69) is 32.5 Å². The van der Waals surface area contributed by atoms with Crippen LogP contribution in [0.3, 0.4) is 0 Å². The fourth-order valence-electron chi connectivity index (χ4n) is 3.38. The van der Waals surface area contributed by atoms with Gasteiger partial charge in [0.25, 0.3) is 0 Å². The molecule has 0 atom stereocenters. The van der Waals surface area contributed by atoms with Gasteiger partial charge in [-0.25, -0.2) is 9.98 Å². The number of aryl methyl sites for hydroxylation is 1. The molecule has 3 heterocycles. The first-order valence-corrected chi connectivity index (χ1v) is 11.8. The highest BCUT2D eigenvalue weighted by atomic mass is 32.2. The highest BCUT2D eigenvalue weighted by molar-refractivity contribution is 7.99. The smallest absolute Gasteiger partial charge is 0.197 e. The first-order valence-electron chi connectivity index (χ1n) is 10.8. The van der Waals surface area contributed by atoms with Gasteiger partial charge in [-0.2, -0.15) is 0 Å². The quantitative estimate of drug-likeness (QED) is 0.367. The Morgan fingerprint density at radius 2 is 2.10 bits per heavy atom. The van der Waals surface area contributed by atoms with Crippen molar-refractivity contribution in [2.75, 3.05) is 25.9 Å². The molecule has 1 aliphatic heterocycles. The topological polar surface area (TPSA) is 83.8 Å². The molecule has 1 fully saturated rings. The van der Waals surface area contributed by atoms with E-state index >= 15 is 0 Å². The van der Waals surface area contributed by atoms with Crippen LogP contribution in [0.15, 0.2) is 45.5 Å². The minimum Gasteiger partial charge on any atom is -0.451 e. The summed E-state index contributed by atoms with van der Waals surface area (Å²) in [6, 6.07) is 5.78. The fraction of sp³-hybridized carbons (Fsp3) is 0.478. The molecule has 1 saturated heterocycles. The first kappa shape index (κ1) is 23.2. The summed E-state index contributed by atoms with van der Waals surface area (Å²) in [6.07, 6.45) is 6.86. The summed E-state index contributed by atoms with van der Waals surface area (Å²) in [4.78, 5) is 19.2. The van der Waals surface area contributed by atoms with Crippen LogP contribution >= 0.6 is 11.8 Å². The standard InChI is InChI=1S/C23H32N6OS/c1-5-13-31-19-14-21(30-20-7-6-10-26-16(20)2)23(27-15-19)29-17(3)28-22(24-4)18-8-11-25-12-9-18/h6-7,10,14-15,18,25H,5,8-9,11-13H2,1-4H3,(H,24,27,28,29). The summed E-state index contributed by atoms with van der Waals surface area (Å²) < 4.78 is 6.20. The molecule has 0 bridgehead atoms. The zero-order chi connectivity index (χ0) is 22.1. The number of aromatic nitrogens is 2. The van der Waals surface area contributed by atoms with Gasteiger partial charge in [0.05, 0.1) is 5.69 Å². The molecule has 0 spiro atoms. The zero-order valence-electron chi connectivity index (χ0n) is 18.8. The number of hydrogen-bond acceptors (Lipinski definition) is 7. The number of piperidine rings is 1. The number of aliphatic imine (C=N–C) groups is 2. The van der Waals surface area contributed by atoms with Crippen molar-refractivity contribution in [2.24, 2.45) is 15.9 Å². The molecular weight excluding hydrogens is 408 g/mol. The third kappa shape index (κ3) is 6.77. The summed E-state index contributed by atoms with van der Waals surface area (Å²) in [5.74, 6) is 5.03. The summed E-state index contributed by atoms with van der Waals surface area (Å²) >= 11 is 1.76. The van der Waals surface area contributed by atoms with Gasteiger partial charge in [0, 0.05) is 30.3 Å². The molecule has 3 rings (SSSR count). The van der Waals surface area contributed by atoms with Crippen LogP contribution in [-0.4, -0.2) is 47.5 Å². The number of amidine groups is 2. The molecule has 2 aromatic rings. The summed E-state index contributed by atoms with van der Waals surface area (Å²) in [7, 11) is 1.83.